The Morgan fingerprint density at radius 1 is 1.44 bits per heavy atom. The van der Waals surface area contributed by atoms with Gasteiger partial charge in [-0.05, 0) is 31.4 Å². The summed E-state index contributed by atoms with van der Waals surface area (Å²) in [7, 11) is 1.71. The van der Waals surface area contributed by atoms with E-state index in [-0.39, 0.29) is 0 Å². The molecule has 1 heterocycles. The van der Waals surface area contributed by atoms with Gasteiger partial charge < -0.3 is 10.5 Å². The monoisotopic (exact) mass is 248 g/mol. The molecule has 1 aliphatic rings. The molecule has 18 heavy (non-hydrogen) atoms. The lowest BCUT2D eigenvalue weighted by Gasteiger charge is -2.28. The molecular weight excluding hydrogens is 224 g/mol. The van der Waals surface area contributed by atoms with E-state index in [1.807, 2.05) is 12.1 Å². The Morgan fingerprint density at radius 2 is 2.22 bits per heavy atom. The van der Waals surface area contributed by atoms with Gasteiger partial charge >= 0.3 is 0 Å². The molecule has 1 aliphatic heterocycles. The highest BCUT2D eigenvalue weighted by Gasteiger charge is 2.27. The Morgan fingerprint density at radius 3 is 2.89 bits per heavy atom. The first-order valence-electron chi connectivity index (χ1n) is 6.78. The van der Waals surface area contributed by atoms with Gasteiger partial charge in [0.15, 0.2) is 0 Å². The number of hydrogen-bond acceptors (Lipinski definition) is 3. The summed E-state index contributed by atoms with van der Waals surface area (Å²) in [6.45, 7) is 6.77. The Bertz CT molecular complexity index is 403. The van der Waals surface area contributed by atoms with Crippen LogP contribution in [-0.2, 0) is 6.54 Å². The van der Waals surface area contributed by atoms with Crippen LogP contribution >= 0.6 is 0 Å². The predicted octanol–water partition coefficient (Wildman–Crippen LogP) is 2.90. The molecule has 100 valence electrons. The number of hydrogen-bond donors (Lipinski definition) is 1. The fourth-order valence-corrected chi connectivity index (χ4v) is 2.91. The van der Waals surface area contributed by atoms with Crippen LogP contribution in [0.25, 0.3) is 0 Å². The molecule has 0 spiro atoms. The average molecular weight is 248 g/mol. The SMILES string of the molecule is COc1cc(N)ccc1CN1CCCC1C(C)C. The van der Waals surface area contributed by atoms with Crippen LogP contribution in [0.15, 0.2) is 18.2 Å². The molecule has 0 bridgehead atoms. The van der Waals surface area contributed by atoms with E-state index in [0.29, 0.717) is 12.0 Å². The van der Waals surface area contributed by atoms with Crippen LogP contribution in [0.2, 0.25) is 0 Å². The van der Waals surface area contributed by atoms with Gasteiger partial charge in [-0.2, -0.15) is 0 Å². The molecule has 1 aromatic carbocycles. The van der Waals surface area contributed by atoms with Gasteiger partial charge in [0.1, 0.15) is 5.75 Å². The second-order valence-corrected chi connectivity index (χ2v) is 5.50. The minimum absolute atomic E-state index is 0.701. The van der Waals surface area contributed by atoms with E-state index in [9.17, 15) is 0 Å². The van der Waals surface area contributed by atoms with Crippen LogP contribution in [0.5, 0.6) is 5.75 Å². The lowest BCUT2D eigenvalue weighted by atomic mass is 10.0. The fourth-order valence-electron chi connectivity index (χ4n) is 2.91. The summed E-state index contributed by atoms with van der Waals surface area (Å²) in [5, 5.41) is 0. The summed E-state index contributed by atoms with van der Waals surface area (Å²) in [6.07, 6.45) is 2.62. The highest BCUT2D eigenvalue weighted by Crippen LogP contribution is 2.29. The zero-order chi connectivity index (χ0) is 13.1. The number of likely N-dealkylation sites (tertiary alicyclic amines) is 1. The van der Waals surface area contributed by atoms with E-state index in [1.54, 1.807) is 7.11 Å². The topological polar surface area (TPSA) is 38.5 Å². The molecule has 0 aromatic heterocycles. The van der Waals surface area contributed by atoms with Crippen LogP contribution in [0.1, 0.15) is 32.3 Å². The van der Waals surface area contributed by atoms with Gasteiger partial charge in [-0.1, -0.05) is 19.9 Å². The Kier molecular flexibility index (Phi) is 4.12. The van der Waals surface area contributed by atoms with Gasteiger partial charge in [-0.15, -0.1) is 0 Å². The van der Waals surface area contributed by atoms with E-state index in [1.165, 1.54) is 24.9 Å². The van der Waals surface area contributed by atoms with Crippen molar-refractivity contribution in [1.82, 2.24) is 4.90 Å². The van der Waals surface area contributed by atoms with Crippen LogP contribution < -0.4 is 10.5 Å². The number of rotatable bonds is 4. The third kappa shape index (κ3) is 2.78. The van der Waals surface area contributed by atoms with Crippen molar-refractivity contribution in [2.24, 2.45) is 5.92 Å². The molecule has 1 fully saturated rings. The van der Waals surface area contributed by atoms with Gasteiger partial charge in [0.2, 0.25) is 0 Å². The summed E-state index contributed by atoms with van der Waals surface area (Å²) >= 11 is 0. The summed E-state index contributed by atoms with van der Waals surface area (Å²) in [5.74, 6) is 1.62. The van der Waals surface area contributed by atoms with E-state index in [0.717, 1.165) is 18.0 Å². The largest absolute Gasteiger partial charge is 0.496 e. The number of nitrogen functional groups attached to an aromatic ring is 1. The lowest BCUT2D eigenvalue weighted by molar-refractivity contribution is 0.196. The van der Waals surface area contributed by atoms with Crippen LogP contribution in [-0.4, -0.2) is 24.6 Å². The minimum atomic E-state index is 0.701. The number of benzene rings is 1. The van der Waals surface area contributed by atoms with Crippen molar-refractivity contribution < 1.29 is 4.74 Å². The van der Waals surface area contributed by atoms with Crippen molar-refractivity contribution in [3.63, 3.8) is 0 Å². The molecule has 2 N–H and O–H groups in total. The quantitative estimate of drug-likeness (QED) is 0.833. The minimum Gasteiger partial charge on any atom is -0.496 e. The van der Waals surface area contributed by atoms with Gasteiger partial charge in [0.05, 0.1) is 7.11 Å². The normalized spacial score (nSPS) is 20.6. The maximum absolute atomic E-state index is 5.79. The molecular formula is C15H24N2O. The first-order valence-corrected chi connectivity index (χ1v) is 6.78. The van der Waals surface area contributed by atoms with E-state index in [4.69, 9.17) is 10.5 Å². The molecule has 1 atom stereocenters. The second kappa shape index (κ2) is 5.61. The summed E-state index contributed by atoms with van der Waals surface area (Å²) in [6, 6.07) is 6.66. The van der Waals surface area contributed by atoms with E-state index < -0.39 is 0 Å². The molecule has 1 unspecified atom stereocenters. The number of nitrogens with two attached hydrogens (primary N) is 1. The Labute approximate surface area is 110 Å². The van der Waals surface area contributed by atoms with Gasteiger partial charge in [-0.25, -0.2) is 0 Å². The summed E-state index contributed by atoms with van der Waals surface area (Å²) in [5.41, 5.74) is 7.79. The molecule has 1 aromatic rings. The smallest absolute Gasteiger partial charge is 0.125 e. The maximum atomic E-state index is 5.79. The third-order valence-corrected chi connectivity index (χ3v) is 3.87. The third-order valence-electron chi connectivity index (χ3n) is 3.87. The number of nitrogens with zero attached hydrogens (tertiary/aromatic N) is 1. The van der Waals surface area contributed by atoms with E-state index >= 15 is 0 Å². The standard InChI is InChI=1S/C15H24N2O/c1-11(2)14-5-4-8-17(14)10-12-6-7-13(16)9-15(12)18-3/h6-7,9,11,14H,4-5,8,10,16H2,1-3H3. The average Bonchev–Trinajstić information content (AvgIpc) is 2.79. The molecule has 0 radical (unpaired) electrons. The first-order chi connectivity index (χ1) is 8.61. The van der Waals surface area contributed by atoms with Gasteiger partial charge in [0, 0.05) is 29.9 Å². The van der Waals surface area contributed by atoms with Crippen LogP contribution in [0, 0.1) is 5.92 Å². The fraction of sp³-hybridized carbons (Fsp3) is 0.600. The predicted molar refractivity (Wildman–Crippen MR) is 75.7 cm³/mol. The lowest BCUT2D eigenvalue weighted by Crippen LogP contribution is -2.32. The van der Waals surface area contributed by atoms with Crippen LogP contribution in [0.3, 0.4) is 0 Å². The van der Waals surface area contributed by atoms with Crippen molar-refractivity contribution in [2.75, 3.05) is 19.4 Å². The highest BCUT2D eigenvalue weighted by molar-refractivity contribution is 5.48. The number of anilines is 1. The molecule has 2 rings (SSSR count). The molecule has 0 aliphatic carbocycles. The second-order valence-electron chi connectivity index (χ2n) is 5.50. The molecule has 1 saturated heterocycles. The maximum Gasteiger partial charge on any atom is 0.125 e. The molecule has 0 amide bonds. The molecule has 3 heteroatoms. The molecule has 0 saturated carbocycles. The van der Waals surface area contributed by atoms with Gasteiger partial charge in [0.25, 0.3) is 0 Å². The number of methoxy groups -OCH3 is 1. The van der Waals surface area contributed by atoms with Crippen molar-refractivity contribution in [3.05, 3.63) is 23.8 Å². The van der Waals surface area contributed by atoms with Crippen molar-refractivity contribution in [3.8, 4) is 5.75 Å². The zero-order valence-electron chi connectivity index (χ0n) is 11.6. The van der Waals surface area contributed by atoms with Gasteiger partial charge in [-0.3, -0.25) is 4.90 Å². The van der Waals surface area contributed by atoms with Crippen molar-refractivity contribution >= 4 is 5.69 Å². The Hall–Kier alpha value is -1.22. The number of ether oxygens (including phenoxy) is 1. The van der Waals surface area contributed by atoms with Crippen LogP contribution in [0.4, 0.5) is 5.69 Å². The Balaban J connectivity index is 2.13. The zero-order valence-corrected chi connectivity index (χ0v) is 11.6. The van der Waals surface area contributed by atoms with E-state index in [2.05, 4.69) is 24.8 Å². The molecule has 3 nitrogen and oxygen atoms in total. The highest BCUT2D eigenvalue weighted by atomic mass is 16.5. The van der Waals surface area contributed by atoms with Crippen molar-refractivity contribution in [1.29, 1.82) is 0 Å². The van der Waals surface area contributed by atoms with Crippen molar-refractivity contribution in [2.45, 2.75) is 39.3 Å². The first kappa shape index (κ1) is 13.2. The summed E-state index contributed by atoms with van der Waals surface area (Å²) in [4.78, 5) is 2.57. The summed E-state index contributed by atoms with van der Waals surface area (Å²) < 4.78 is 5.43.